The minimum atomic E-state index is -0.852. The lowest BCUT2D eigenvalue weighted by molar-refractivity contribution is -0.385. The van der Waals surface area contributed by atoms with Crippen molar-refractivity contribution in [1.29, 1.82) is 0 Å². The van der Waals surface area contributed by atoms with Crippen LogP contribution < -0.4 is 0 Å². The summed E-state index contributed by atoms with van der Waals surface area (Å²) >= 11 is 1.21. The fourth-order valence-corrected chi connectivity index (χ4v) is 1.99. The summed E-state index contributed by atoms with van der Waals surface area (Å²) < 4.78 is 0. The molecule has 92 valence electrons. The minimum Gasteiger partial charge on any atom is -0.394 e. The highest BCUT2D eigenvalue weighted by atomic mass is 32.2. The molecule has 0 aliphatic carbocycles. The van der Waals surface area contributed by atoms with Crippen LogP contribution >= 0.6 is 11.8 Å². The van der Waals surface area contributed by atoms with E-state index in [9.17, 15) is 14.9 Å². The van der Waals surface area contributed by atoms with Gasteiger partial charge in [-0.25, -0.2) is 0 Å². The molecule has 1 unspecified atom stereocenters. The number of thioether (sulfide) groups is 1. The summed E-state index contributed by atoms with van der Waals surface area (Å²) in [4.78, 5) is 21.3. The molecule has 7 heteroatoms. The average molecular weight is 257 g/mol. The lowest BCUT2D eigenvalue weighted by Crippen LogP contribution is -2.14. The van der Waals surface area contributed by atoms with Crippen LogP contribution in [0.4, 0.5) is 5.69 Å². The zero-order valence-electron chi connectivity index (χ0n) is 8.78. The van der Waals surface area contributed by atoms with E-state index in [-0.39, 0.29) is 23.6 Å². The summed E-state index contributed by atoms with van der Waals surface area (Å²) in [6, 6.07) is 4.14. The van der Waals surface area contributed by atoms with Crippen molar-refractivity contribution in [3.05, 3.63) is 33.9 Å². The fraction of sp³-hybridized carbons (Fsp3) is 0.300. The number of aldehydes is 1. The first-order chi connectivity index (χ1) is 8.08. The maximum Gasteiger partial charge on any atom is 0.279 e. The maximum absolute atomic E-state index is 10.7. The van der Waals surface area contributed by atoms with Crippen molar-refractivity contribution in [2.75, 3.05) is 12.4 Å². The molecule has 0 aliphatic heterocycles. The van der Waals surface area contributed by atoms with Crippen LogP contribution in [0.25, 0.3) is 0 Å². The Morgan fingerprint density at radius 2 is 2.24 bits per heavy atom. The number of carbonyl (C=O) groups is 1. The number of nitro benzene ring substituents is 1. The van der Waals surface area contributed by atoms with Gasteiger partial charge in [-0.1, -0.05) is 0 Å². The van der Waals surface area contributed by atoms with Crippen molar-refractivity contribution in [3.8, 4) is 0 Å². The van der Waals surface area contributed by atoms with Crippen LogP contribution in [0.1, 0.15) is 10.4 Å². The summed E-state index contributed by atoms with van der Waals surface area (Å²) in [6.45, 7) is -0.347. The van der Waals surface area contributed by atoms with Crippen LogP contribution in [-0.4, -0.2) is 39.9 Å². The van der Waals surface area contributed by atoms with Crippen LogP contribution in [0, 0.1) is 10.1 Å². The third kappa shape index (κ3) is 3.81. The second kappa shape index (κ2) is 6.33. The molecule has 17 heavy (non-hydrogen) atoms. The molecule has 0 aliphatic rings. The second-order valence-electron chi connectivity index (χ2n) is 3.24. The molecule has 1 aromatic rings. The van der Waals surface area contributed by atoms with Gasteiger partial charge in [-0.15, -0.1) is 11.8 Å². The zero-order valence-corrected chi connectivity index (χ0v) is 9.59. The van der Waals surface area contributed by atoms with E-state index >= 15 is 0 Å². The topological polar surface area (TPSA) is 101 Å². The summed E-state index contributed by atoms with van der Waals surface area (Å²) in [5, 5.41) is 28.3. The highest BCUT2D eigenvalue weighted by Crippen LogP contribution is 2.25. The van der Waals surface area contributed by atoms with Crippen LogP contribution in [0.3, 0.4) is 0 Å². The van der Waals surface area contributed by atoms with Crippen molar-refractivity contribution >= 4 is 23.7 Å². The van der Waals surface area contributed by atoms with E-state index in [0.29, 0.717) is 11.2 Å². The number of aliphatic hydroxyl groups excluding tert-OH is 2. The van der Waals surface area contributed by atoms with Gasteiger partial charge < -0.3 is 10.2 Å². The first-order valence-corrected chi connectivity index (χ1v) is 5.72. The molecule has 0 heterocycles. The minimum absolute atomic E-state index is 0.00140. The molecule has 0 spiro atoms. The Labute approximate surface area is 101 Å². The molecule has 1 rings (SSSR count). The average Bonchev–Trinajstić information content (AvgIpc) is 2.35. The van der Waals surface area contributed by atoms with Crippen molar-refractivity contribution in [3.63, 3.8) is 0 Å². The summed E-state index contributed by atoms with van der Waals surface area (Å²) in [5.41, 5.74) is -0.245. The highest BCUT2D eigenvalue weighted by Gasteiger charge is 2.14. The second-order valence-corrected chi connectivity index (χ2v) is 4.34. The SMILES string of the molecule is O=Cc1cc(SCC(O)CO)ccc1[N+](=O)[O-]. The quantitative estimate of drug-likeness (QED) is 0.339. The normalized spacial score (nSPS) is 12.1. The summed E-state index contributed by atoms with van der Waals surface area (Å²) in [5.74, 6) is 0.257. The Hall–Kier alpha value is -1.44. The van der Waals surface area contributed by atoms with E-state index in [2.05, 4.69) is 0 Å². The lowest BCUT2D eigenvalue weighted by atomic mass is 10.2. The van der Waals surface area contributed by atoms with Crippen molar-refractivity contribution < 1.29 is 19.9 Å². The van der Waals surface area contributed by atoms with Gasteiger partial charge in [-0.3, -0.25) is 14.9 Å². The molecule has 0 aromatic heterocycles. The van der Waals surface area contributed by atoms with Gasteiger partial charge in [0.1, 0.15) is 0 Å². The van der Waals surface area contributed by atoms with Crippen LogP contribution in [0.15, 0.2) is 23.1 Å². The van der Waals surface area contributed by atoms with Crippen molar-refractivity contribution in [1.82, 2.24) is 0 Å². The summed E-state index contributed by atoms with van der Waals surface area (Å²) in [6.07, 6.45) is -0.431. The molecular formula is C10H11NO5S. The molecule has 1 aromatic carbocycles. The van der Waals surface area contributed by atoms with Gasteiger partial charge in [-0.05, 0) is 12.1 Å². The van der Waals surface area contributed by atoms with E-state index in [4.69, 9.17) is 10.2 Å². The first kappa shape index (κ1) is 13.6. The molecule has 0 saturated carbocycles. The molecule has 6 nitrogen and oxygen atoms in total. The fourth-order valence-electron chi connectivity index (χ4n) is 1.13. The van der Waals surface area contributed by atoms with Gasteiger partial charge in [0.05, 0.1) is 23.2 Å². The molecule has 0 fully saturated rings. The molecule has 0 saturated heterocycles. The largest absolute Gasteiger partial charge is 0.394 e. The third-order valence-electron chi connectivity index (χ3n) is 1.98. The van der Waals surface area contributed by atoms with E-state index < -0.39 is 11.0 Å². The third-order valence-corrected chi connectivity index (χ3v) is 3.11. The van der Waals surface area contributed by atoms with Gasteiger partial charge in [-0.2, -0.15) is 0 Å². The number of carbonyl (C=O) groups excluding carboxylic acids is 1. The number of nitrogens with zero attached hydrogens (tertiary/aromatic N) is 1. The number of benzene rings is 1. The molecule has 0 radical (unpaired) electrons. The number of aliphatic hydroxyl groups is 2. The predicted molar refractivity (Wildman–Crippen MR) is 62.3 cm³/mol. The first-order valence-electron chi connectivity index (χ1n) is 4.73. The Morgan fingerprint density at radius 1 is 1.53 bits per heavy atom. The zero-order chi connectivity index (χ0) is 12.8. The number of nitro groups is 1. The molecule has 1 atom stereocenters. The van der Waals surface area contributed by atoms with Crippen LogP contribution in [-0.2, 0) is 0 Å². The predicted octanol–water partition coefficient (Wildman–Crippen LogP) is 0.853. The number of hydrogen-bond acceptors (Lipinski definition) is 6. The Morgan fingerprint density at radius 3 is 2.76 bits per heavy atom. The van der Waals surface area contributed by atoms with Crippen molar-refractivity contribution in [2.24, 2.45) is 0 Å². The highest BCUT2D eigenvalue weighted by molar-refractivity contribution is 7.99. The molecule has 0 amide bonds. The van der Waals surface area contributed by atoms with Gasteiger partial charge in [0, 0.05) is 16.7 Å². The monoisotopic (exact) mass is 257 g/mol. The van der Waals surface area contributed by atoms with Crippen LogP contribution in [0.2, 0.25) is 0 Å². The van der Waals surface area contributed by atoms with Gasteiger partial charge >= 0.3 is 0 Å². The van der Waals surface area contributed by atoms with E-state index in [1.165, 1.54) is 30.0 Å². The van der Waals surface area contributed by atoms with Crippen molar-refractivity contribution in [2.45, 2.75) is 11.0 Å². The lowest BCUT2D eigenvalue weighted by Gasteiger charge is -2.06. The van der Waals surface area contributed by atoms with E-state index in [1.54, 1.807) is 0 Å². The molecule has 0 bridgehead atoms. The Kier molecular flexibility index (Phi) is 5.08. The maximum atomic E-state index is 10.7. The Bertz CT molecular complexity index is 423. The number of hydrogen-bond donors (Lipinski definition) is 2. The van der Waals surface area contributed by atoms with Crippen LogP contribution in [0.5, 0.6) is 0 Å². The Balaban J connectivity index is 2.83. The smallest absolute Gasteiger partial charge is 0.279 e. The van der Waals surface area contributed by atoms with Gasteiger partial charge in [0.25, 0.3) is 5.69 Å². The number of rotatable bonds is 6. The summed E-state index contributed by atoms with van der Waals surface area (Å²) in [7, 11) is 0. The standard InChI is InChI=1S/C10H11NO5S/c12-4-7-3-9(17-6-8(14)5-13)1-2-10(7)11(15)16/h1-4,8,13-14H,5-6H2. The van der Waals surface area contributed by atoms with Gasteiger partial charge in [0.2, 0.25) is 0 Å². The van der Waals surface area contributed by atoms with E-state index in [1.807, 2.05) is 0 Å². The van der Waals surface area contributed by atoms with Gasteiger partial charge in [0.15, 0.2) is 6.29 Å². The molecule has 2 N–H and O–H groups in total. The molecular weight excluding hydrogens is 246 g/mol. The van der Waals surface area contributed by atoms with E-state index in [0.717, 1.165) is 0 Å².